The zero-order valence-corrected chi connectivity index (χ0v) is 24.1. The Labute approximate surface area is 238 Å². The Morgan fingerprint density at radius 2 is 1.45 bits per heavy atom. The first-order chi connectivity index (χ1) is 19.4. The van der Waals surface area contributed by atoms with Gasteiger partial charge in [-0.3, -0.25) is 4.98 Å². The summed E-state index contributed by atoms with van der Waals surface area (Å²) in [7, 11) is 0. The van der Waals surface area contributed by atoms with Crippen LogP contribution in [0.5, 0.6) is 0 Å². The third-order valence-electron chi connectivity index (χ3n) is 7.90. The number of rotatable bonds is 3. The fraction of sp³-hybridized carbons (Fsp3) is 0.108. The fourth-order valence-electron chi connectivity index (χ4n) is 6.19. The quantitative estimate of drug-likeness (QED) is 0.128. The summed E-state index contributed by atoms with van der Waals surface area (Å²) in [5.74, 6) is 0. The molecule has 7 rings (SSSR count). The van der Waals surface area contributed by atoms with Crippen molar-refractivity contribution in [2.24, 2.45) is 0 Å². The molecule has 0 radical (unpaired) electrons. The molecule has 0 N–H and O–H groups in total. The zero-order valence-electron chi connectivity index (χ0n) is 23.2. The Bertz CT molecular complexity index is 2110. The molecule has 194 valence electrons. The Morgan fingerprint density at radius 1 is 0.725 bits per heavy atom. The lowest BCUT2D eigenvalue weighted by atomic mass is 9.92. The molecule has 0 aliphatic carbocycles. The summed E-state index contributed by atoms with van der Waals surface area (Å²) in [5, 5.41) is 5.08. The maximum atomic E-state index is 4.57. The molecule has 40 heavy (non-hydrogen) atoms. The van der Waals surface area contributed by atoms with Crippen LogP contribution in [0.1, 0.15) is 28.1 Å². The van der Waals surface area contributed by atoms with E-state index in [0.29, 0.717) is 0 Å². The van der Waals surface area contributed by atoms with Crippen molar-refractivity contribution >= 4 is 50.5 Å². The van der Waals surface area contributed by atoms with Crippen molar-refractivity contribution < 1.29 is 4.58 Å². The average Bonchev–Trinajstić information content (AvgIpc) is 3.33. The van der Waals surface area contributed by atoms with Gasteiger partial charge in [0.25, 0.3) is 0 Å². The highest BCUT2D eigenvalue weighted by atomic mass is 32.1. The molecule has 0 bridgehead atoms. The molecule has 0 atom stereocenters. The predicted octanol–water partition coefficient (Wildman–Crippen LogP) is 7.84. The summed E-state index contributed by atoms with van der Waals surface area (Å²) in [6.45, 7) is 13.0. The van der Waals surface area contributed by atoms with Gasteiger partial charge in [-0.25, -0.2) is 0 Å². The van der Waals surface area contributed by atoms with Crippen LogP contribution >= 0.6 is 11.3 Å². The number of aromatic nitrogens is 1. The molecule has 4 aromatic carbocycles. The second kappa shape index (κ2) is 9.32. The molecule has 2 aromatic heterocycles. The van der Waals surface area contributed by atoms with Crippen molar-refractivity contribution in [3.05, 3.63) is 129 Å². The third-order valence-corrected chi connectivity index (χ3v) is 9.16. The Kier molecular flexibility index (Phi) is 5.72. The number of fused-ring (bicyclic) bond motifs is 4. The Hall–Kier alpha value is -4.47. The van der Waals surface area contributed by atoms with Gasteiger partial charge in [0, 0.05) is 29.1 Å². The summed E-state index contributed by atoms with van der Waals surface area (Å²) in [6.07, 6.45) is 4.43. The van der Waals surface area contributed by atoms with Gasteiger partial charge in [-0.2, -0.15) is 0 Å². The van der Waals surface area contributed by atoms with Crippen molar-refractivity contribution in [3.8, 4) is 22.3 Å². The van der Waals surface area contributed by atoms with Crippen molar-refractivity contribution in [2.45, 2.75) is 27.7 Å². The standard InChI is InChI=1S/C37H30N2S/c1-22-16-23(2)35(33-20-27-10-6-7-11-29(27)21-39(33)5)37-34(22)32-15-9-14-31(36(32)40-37)28-13-8-12-26(19-28)30-17-24(3)38-25(4)18-30/h6-21H,5H2,1-4H3. The van der Waals surface area contributed by atoms with Gasteiger partial charge in [0.2, 0.25) is 4.70 Å². The topological polar surface area (TPSA) is 15.9 Å². The minimum absolute atomic E-state index is 1.04. The van der Waals surface area contributed by atoms with Gasteiger partial charge in [-0.15, -0.1) is 22.9 Å². The van der Waals surface area contributed by atoms with Crippen LogP contribution in [0.15, 0.2) is 84.9 Å². The van der Waals surface area contributed by atoms with E-state index in [1.165, 1.54) is 69.6 Å². The largest absolute Gasteiger partial charge is 0.336 e. The van der Waals surface area contributed by atoms with E-state index < -0.39 is 0 Å². The van der Waals surface area contributed by atoms with Crippen LogP contribution in [0.2, 0.25) is 0 Å². The van der Waals surface area contributed by atoms with Gasteiger partial charge in [-0.05, 0) is 73.2 Å². The van der Waals surface area contributed by atoms with Gasteiger partial charge >= 0.3 is 0 Å². The number of nitrogens with zero attached hydrogens (tertiary/aromatic N) is 2. The fourth-order valence-corrected chi connectivity index (χ4v) is 7.71. The monoisotopic (exact) mass is 534 g/mol. The van der Waals surface area contributed by atoms with Gasteiger partial charge in [0.05, 0.1) is 12.2 Å². The van der Waals surface area contributed by atoms with Crippen LogP contribution in [-0.4, -0.2) is 16.3 Å². The summed E-state index contributed by atoms with van der Waals surface area (Å²) in [4.78, 5) is 4.57. The molecule has 6 aromatic rings. The van der Waals surface area contributed by atoms with Crippen molar-refractivity contribution in [3.63, 3.8) is 0 Å². The molecule has 0 unspecified atom stereocenters. The maximum Gasteiger partial charge on any atom is 0.231 e. The van der Waals surface area contributed by atoms with Crippen molar-refractivity contribution in [1.29, 1.82) is 0 Å². The second-order valence-electron chi connectivity index (χ2n) is 10.9. The van der Waals surface area contributed by atoms with E-state index in [9.17, 15) is 0 Å². The Balaban J connectivity index is 1.45. The van der Waals surface area contributed by atoms with E-state index in [1.807, 2.05) is 15.9 Å². The molecule has 3 heterocycles. The molecule has 3 heteroatoms. The first-order valence-corrected chi connectivity index (χ1v) is 14.5. The lowest BCUT2D eigenvalue weighted by Crippen LogP contribution is -2.33. The number of pyridine rings is 1. The predicted molar refractivity (Wildman–Crippen MR) is 171 cm³/mol. The van der Waals surface area contributed by atoms with Crippen LogP contribution in [-0.2, 0) is 0 Å². The van der Waals surface area contributed by atoms with E-state index in [1.54, 1.807) is 0 Å². The first kappa shape index (κ1) is 24.6. The van der Waals surface area contributed by atoms with Gasteiger partial charge in [0.1, 0.15) is 4.70 Å². The molecule has 1 aliphatic rings. The van der Waals surface area contributed by atoms with Crippen LogP contribution in [0, 0.1) is 33.7 Å². The third kappa shape index (κ3) is 3.97. The molecule has 0 fully saturated rings. The van der Waals surface area contributed by atoms with E-state index in [0.717, 1.165) is 17.4 Å². The lowest BCUT2D eigenvalue weighted by Gasteiger charge is -2.25. The first-order valence-electron chi connectivity index (χ1n) is 13.6. The van der Waals surface area contributed by atoms with Gasteiger partial charge in [-0.1, -0.05) is 71.8 Å². The second-order valence-corrected chi connectivity index (χ2v) is 11.9. The minimum Gasteiger partial charge on any atom is -0.336 e. The lowest BCUT2D eigenvalue weighted by molar-refractivity contribution is -0.376. The van der Waals surface area contributed by atoms with Crippen LogP contribution in [0.4, 0.5) is 0 Å². The zero-order chi connectivity index (χ0) is 27.5. The molecule has 1 aliphatic heterocycles. The molecule has 0 spiro atoms. The highest BCUT2D eigenvalue weighted by molar-refractivity contribution is 7.26. The summed E-state index contributed by atoms with van der Waals surface area (Å²) in [5.41, 5.74) is 10.9. The highest BCUT2D eigenvalue weighted by Crippen LogP contribution is 2.45. The molecule has 0 saturated heterocycles. The number of aryl methyl sites for hydroxylation is 4. The normalized spacial score (nSPS) is 12.9. The smallest absolute Gasteiger partial charge is 0.231 e. The number of benzene rings is 4. The number of hydrogen-bond donors (Lipinski definition) is 0. The molecular formula is C37H30N2S. The van der Waals surface area contributed by atoms with Crippen molar-refractivity contribution in [1.82, 2.24) is 4.98 Å². The highest BCUT2D eigenvalue weighted by Gasteiger charge is 2.25. The molecule has 2 nitrogen and oxygen atoms in total. The SMILES string of the molecule is C=[N+]1C=c2ccccc2=C[C-]1c1c(C)cc(C)c2c3cccc(-c4cccc(-c5cc(C)nc(C)c5)c4)c3[s+][c-]12. The summed E-state index contributed by atoms with van der Waals surface area (Å²) >= 11 is 1.90. The maximum absolute atomic E-state index is 4.57. The Morgan fingerprint density at radius 3 is 2.25 bits per heavy atom. The van der Waals surface area contributed by atoms with E-state index in [2.05, 4.69) is 137 Å². The van der Waals surface area contributed by atoms with Crippen LogP contribution in [0.3, 0.4) is 0 Å². The molecular weight excluding hydrogens is 504 g/mol. The number of thiophene rings is 1. The van der Waals surface area contributed by atoms with Crippen LogP contribution < -0.4 is 10.4 Å². The van der Waals surface area contributed by atoms with E-state index >= 15 is 0 Å². The van der Waals surface area contributed by atoms with Gasteiger partial charge in [0.15, 0.2) is 11.3 Å². The number of hydrogen-bond acceptors (Lipinski definition) is 1. The molecule has 0 saturated carbocycles. The van der Waals surface area contributed by atoms with Crippen molar-refractivity contribution in [2.75, 3.05) is 0 Å². The molecule has 0 amide bonds. The summed E-state index contributed by atoms with van der Waals surface area (Å²) in [6, 6.07) is 32.0. The van der Waals surface area contributed by atoms with Crippen LogP contribution in [0.25, 0.3) is 54.7 Å². The average molecular weight is 535 g/mol. The van der Waals surface area contributed by atoms with Gasteiger partial charge < -0.3 is 4.58 Å². The summed E-state index contributed by atoms with van der Waals surface area (Å²) < 4.78 is 4.68. The van der Waals surface area contributed by atoms with E-state index in [4.69, 9.17) is 0 Å². The van der Waals surface area contributed by atoms with E-state index in [-0.39, 0.29) is 0 Å². The minimum atomic E-state index is 1.04.